The van der Waals surface area contributed by atoms with Crippen LogP contribution in [0.15, 0.2) is 54.6 Å². The van der Waals surface area contributed by atoms with Crippen LogP contribution in [-0.4, -0.2) is 15.0 Å². The molecule has 0 radical (unpaired) electrons. The highest BCUT2D eigenvalue weighted by Crippen LogP contribution is 2.16. The Morgan fingerprint density at radius 3 is 2.48 bits per heavy atom. The molecule has 0 atom stereocenters. The first-order valence-corrected chi connectivity index (χ1v) is 6.82. The van der Waals surface area contributed by atoms with Crippen LogP contribution in [0.25, 0.3) is 11.4 Å². The normalized spacial score (nSPS) is 10.5. The molecule has 21 heavy (non-hydrogen) atoms. The van der Waals surface area contributed by atoms with E-state index >= 15 is 0 Å². The molecule has 0 aliphatic carbocycles. The maximum absolute atomic E-state index is 5.82. The summed E-state index contributed by atoms with van der Waals surface area (Å²) in [6, 6.07) is 18.1. The van der Waals surface area contributed by atoms with Crippen molar-refractivity contribution in [2.24, 2.45) is 0 Å². The standard InChI is InChI=1S/C17H16N4/c1-12-6-5-7-13(10-12)11-15-19-16(21-17(18)20-15)14-8-3-2-4-9-14/h2-10H,11H2,1H3,(H2,18,19,20,21). The fourth-order valence-electron chi connectivity index (χ4n) is 2.24. The largest absolute Gasteiger partial charge is 0.368 e. The van der Waals surface area contributed by atoms with Gasteiger partial charge in [-0.2, -0.15) is 9.97 Å². The lowest BCUT2D eigenvalue weighted by molar-refractivity contribution is 0.935. The van der Waals surface area contributed by atoms with Crippen LogP contribution in [0.5, 0.6) is 0 Å². The lowest BCUT2D eigenvalue weighted by atomic mass is 10.1. The molecule has 0 spiro atoms. The summed E-state index contributed by atoms with van der Waals surface area (Å²) < 4.78 is 0. The molecule has 0 aliphatic heterocycles. The predicted molar refractivity (Wildman–Crippen MR) is 83.7 cm³/mol. The van der Waals surface area contributed by atoms with E-state index in [4.69, 9.17) is 5.73 Å². The van der Waals surface area contributed by atoms with E-state index in [1.165, 1.54) is 11.1 Å². The Bertz CT molecular complexity index is 754. The summed E-state index contributed by atoms with van der Waals surface area (Å²) in [7, 11) is 0. The van der Waals surface area contributed by atoms with Crippen molar-refractivity contribution in [3.8, 4) is 11.4 Å². The maximum atomic E-state index is 5.82. The molecular weight excluding hydrogens is 260 g/mol. The number of aromatic nitrogens is 3. The first-order chi connectivity index (χ1) is 10.2. The van der Waals surface area contributed by atoms with Crippen LogP contribution in [-0.2, 0) is 6.42 Å². The van der Waals surface area contributed by atoms with Crippen LogP contribution in [0.1, 0.15) is 17.0 Å². The fourth-order valence-corrected chi connectivity index (χ4v) is 2.24. The minimum absolute atomic E-state index is 0.256. The van der Waals surface area contributed by atoms with E-state index in [0.29, 0.717) is 18.1 Å². The number of anilines is 1. The van der Waals surface area contributed by atoms with Gasteiger partial charge < -0.3 is 5.73 Å². The molecule has 2 aromatic carbocycles. The summed E-state index contributed by atoms with van der Waals surface area (Å²) in [6.45, 7) is 2.07. The van der Waals surface area contributed by atoms with Gasteiger partial charge in [0, 0.05) is 12.0 Å². The Balaban J connectivity index is 1.95. The summed E-state index contributed by atoms with van der Waals surface area (Å²) in [6.07, 6.45) is 0.647. The maximum Gasteiger partial charge on any atom is 0.223 e. The van der Waals surface area contributed by atoms with Gasteiger partial charge in [-0.3, -0.25) is 0 Å². The van der Waals surface area contributed by atoms with Crippen molar-refractivity contribution in [3.05, 3.63) is 71.5 Å². The third-order valence-electron chi connectivity index (χ3n) is 3.18. The van der Waals surface area contributed by atoms with Gasteiger partial charge in [0.15, 0.2) is 5.82 Å². The van der Waals surface area contributed by atoms with Gasteiger partial charge in [0.1, 0.15) is 5.82 Å². The van der Waals surface area contributed by atoms with E-state index < -0.39 is 0 Å². The molecule has 1 heterocycles. The van der Waals surface area contributed by atoms with E-state index in [1.807, 2.05) is 36.4 Å². The number of aryl methyl sites for hydroxylation is 1. The van der Waals surface area contributed by atoms with E-state index in [1.54, 1.807) is 0 Å². The number of nitrogens with zero attached hydrogens (tertiary/aromatic N) is 3. The van der Waals surface area contributed by atoms with E-state index in [-0.39, 0.29) is 5.95 Å². The third-order valence-corrected chi connectivity index (χ3v) is 3.18. The second kappa shape index (κ2) is 5.71. The highest BCUT2D eigenvalue weighted by atomic mass is 15.1. The quantitative estimate of drug-likeness (QED) is 0.798. The van der Waals surface area contributed by atoms with Crippen molar-refractivity contribution < 1.29 is 0 Å². The summed E-state index contributed by atoms with van der Waals surface area (Å²) in [4.78, 5) is 13.0. The second-order valence-electron chi connectivity index (χ2n) is 4.97. The van der Waals surface area contributed by atoms with E-state index in [9.17, 15) is 0 Å². The average molecular weight is 276 g/mol. The third kappa shape index (κ3) is 3.23. The smallest absolute Gasteiger partial charge is 0.223 e. The zero-order valence-electron chi connectivity index (χ0n) is 11.8. The molecule has 0 saturated heterocycles. The Morgan fingerprint density at radius 1 is 0.905 bits per heavy atom. The fraction of sp³-hybridized carbons (Fsp3) is 0.118. The number of nitrogen functional groups attached to an aromatic ring is 1. The molecule has 4 heteroatoms. The van der Waals surface area contributed by atoms with Crippen LogP contribution in [0, 0.1) is 6.92 Å². The van der Waals surface area contributed by atoms with Gasteiger partial charge in [-0.05, 0) is 12.5 Å². The molecule has 4 nitrogen and oxygen atoms in total. The first-order valence-electron chi connectivity index (χ1n) is 6.82. The SMILES string of the molecule is Cc1cccc(Cc2nc(N)nc(-c3ccccc3)n2)c1. The summed E-state index contributed by atoms with van der Waals surface area (Å²) in [5.74, 6) is 1.56. The van der Waals surface area contributed by atoms with Crippen LogP contribution in [0.4, 0.5) is 5.95 Å². The zero-order chi connectivity index (χ0) is 14.7. The van der Waals surface area contributed by atoms with Crippen LogP contribution in [0.3, 0.4) is 0 Å². The van der Waals surface area contributed by atoms with Crippen molar-refractivity contribution in [2.45, 2.75) is 13.3 Å². The second-order valence-corrected chi connectivity index (χ2v) is 4.97. The van der Waals surface area contributed by atoms with Crippen molar-refractivity contribution in [2.75, 3.05) is 5.73 Å². The molecule has 0 saturated carbocycles. The number of benzene rings is 2. The van der Waals surface area contributed by atoms with Crippen LogP contribution < -0.4 is 5.73 Å². The number of nitrogens with two attached hydrogens (primary N) is 1. The van der Waals surface area contributed by atoms with Gasteiger partial charge in [-0.1, -0.05) is 60.2 Å². The average Bonchev–Trinajstić information content (AvgIpc) is 2.47. The molecule has 1 aromatic heterocycles. The van der Waals surface area contributed by atoms with E-state index in [2.05, 4.69) is 40.1 Å². The lowest BCUT2D eigenvalue weighted by Gasteiger charge is -2.06. The summed E-state index contributed by atoms with van der Waals surface area (Å²) in [5, 5.41) is 0. The van der Waals surface area contributed by atoms with Crippen LogP contribution in [0.2, 0.25) is 0 Å². The lowest BCUT2D eigenvalue weighted by Crippen LogP contribution is -2.05. The minimum Gasteiger partial charge on any atom is -0.368 e. The molecule has 0 fully saturated rings. The van der Waals surface area contributed by atoms with Gasteiger partial charge in [-0.15, -0.1) is 0 Å². The van der Waals surface area contributed by atoms with Gasteiger partial charge in [0.2, 0.25) is 5.95 Å². The highest BCUT2D eigenvalue weighted by molar-refractivity contribution is 5.55. The van der Waals surface area contributed by atoms with Gasteiger partial charge in [0.05, 0.1) is 0 Å². The van der Waals surface area contributed by atoms with Crippen molar-refractivity contribution in [1.29, 1.82) is 0 Å². The summed E-state index contributed by atoms with van der Waals surface area (Å²) >= 11 is 0. The molecule has 3 rings (SSSR count). The molecular formula is C17H16N4. The Kier molecular flexibility index (Phi) is 3.60. The minimum atomic E-state index is 0.256. The first kappa shape index (κ1) is 13.2. The van der Waals surface area contributed by atoms with Crippen molar-refractivity contribution in [3.63, 3.8) is 0 Å². The zero-order valence-corrected chi connectivity index (χ0v) is 11.8. The van der Waals surface area contributed by atoms with Crippen molar-refractivity contribution in [1.82, 2.24) is 15.0 Å². The topological polar surface area (TPSA) is 64.7 Å². The molecule has 104 valence electrons. The molecule has 0 unspecified atom stereocenters. The highest BCUT2D eigenvalue weighted by Gasteiger charge is 2.07. The predicted octanol–water partition coefficient (Wildman–Crippen LogP) is 3.02. The molecule has 0 bridgehead atoms. The van der Waals surface area contributed by atoms with Gasteiger partial charge >= 0.3 is 0 Å². The Hall–Kier alpha value is -2.75. The monoisotopic (exact) mass is 276 g/mol. The number of rotatable bonds is 3. The van der Waals surface area contributed by atoms with Gasteiger partial charge in [0.25, 0.3) is 0 Å². The molecule has 3 aromatic rings. The van der Waals surface area contributed by atoms with Crippen LogP contribution >= 0.6 is 0 Å². The summed E-state index contributed by atoms with van der Waals surface area (Å²) in [5.41, 5.74) is 9.15. The molecule has 0 aliphatic rings. The van der Waals surface area contributed by atoms with Gasteiger partial charge in [-0.25, -0.2) is 4.98 Å². The molecule has 0 amide bonds. The van der Waals surface area contributed by atoms with Crippen molar-refractivity contribution >= 4 is 5.95 Å². The Morgan fingerprint density at radius 2 is 1.71 bits per heavy atom. The molecule has 2 N–H and O–H groups in total. The number of hydrogen-bond donors (Lipinski definition) is 1. The van der Waals surface area contributed by atoms with E-state index in [0.717, 1.165) is 5.56 Å². The Labute approximate surface area is 123 Å². The number of hydrogen-bond acceptors (Lipinski definition) is 4.